The van der Waals surface area contributed by atoms with Crippen molar-refractivity contribution in [1.82, 2.24) is 0 Å². The van der Waals surface area contributed by atoms with Crippen molar-refractivity contribution in [1.29, 1.82) is 0 Å². The van der Waals surface area contributed by atoms with Gasteiger partial charge in [-0.05, 0) is 36.2 Å². The highest BCUT2D eigenvalue weighted by Crippen LogP contribution is 2.15. The number of nitrogens with one attached hydrogen (secondary N) is 2. The summed E-state index contributed by atoms with van der Waals surface area (Å²) in [5, 5.41) is 5.52. The Morgan fingerprint density at radius 2 is 1.31 bits per heavy atom. The van der Waals surface area contributed by atoms with Crippen molar-refractivity contribution in [2.45, 2.75) is 25.7 Å². The van der Waals surface area contributed by atoms with Crippen molar-refractivity contribution in [3.8, 4) is 0 Å². The Hall–Kier alpha value is -3.15. The zero-order chi connectivity index (χ0) is 18.8. The van der Waals surface area contributed by atoms with Crippen LogP contribution in [0.15, 0.2) is 54.6 Å². The van der Waals surface area contributed by atoms with Gasteiger partial charge >= 0.3 is 5.97 Å². The van der Waals surface area contributed by atoms with E-state index in [1.54, 1.807) is 24.3 Å². The molecule has 0 fully saturated rings. The van der Waals surface area contributed by atoms with E-state index in [0.29, 0.717) is 24.2 Å². The fraction of sp³-hybridized carbons (Fsp3) is 0.250. The maximum Gasteiger partial charge on any atom is 0.306 e. The van der Waals surface area contributed by atoms with Crippen LogP contribution in [0.4, 0.5) is 11.4 Å². The molecule has 0 heterocycles. The summed E-state index contributed by atoms with van der Waals surface area (Å²) in [5.41, 5.74) is 2.38. The predicted octanol–water partition coefficient (Wildman–Crippen LogP) is 3.15. The molecule has 0 saturated carbocycles. The lowest BCUT2D eigenvalue weighted by atomic mass is 10.1. The number of benzene rings is 2. The summed E-state index contributed by atoms with van der Waals surface area (Å²) in [5.74, 6) is -0.757. The number of amides is 2. The zero-order valence-corrected chi connectivity index (χ0v) is 14.7. The van der Waals surface area contributed by atoms with Crippen LogP contribution >= 0.6 is 0 Å². The van der Waals surface area contributed by atoms with Crippen LogP contribution in [0.2, 0.25) is 0 Å². The minimum atomic E-state index is -0.422. The van der Waals surface area contributed by atoms with E-state index in [4.69, 9.17) is 0 Å². The number of esters is 1. The molecule has 6 nitrogen and oxygen atoms in total. The zero-order valence-electron chi connectivity index (χ0n) is 14.7. The Morgan fingerprint density at radius 1 is 0.769 bits per heavy atom. The standard InChI is InChI=1S/C20H22N2O4/c1-26-20(25)14-13-19(24)22-17-10-8-16(9-11-17)21-18(23)12-7-15-5-3-2-4-6-15/h2-6,8-11H,7,12-14H2,1H3,(H,21,23)(H,22,24). The fourth-order valence-electron chi connectivity index (χ4n) is 2.30. The van der Waals surface area contributed by atoms with Crippen LogP contribution in [0.5, 0.6) is 0 Å². The van der Waals surface area contributed by atoms with Gasteiger partial charge in [0.05, 0.1) is 13.5 Å². The third-order valence-corrected chi connectivity index (χ3v) is 3.72. The molecule has 0 unspecified atom stereocenters. The third kappa shape index (κ3) is 6.76. The number of aryl methyl sites for hydroxylation is 1. The third-order valence-electron chi connectivity index (χ3n) is 3.72. The molecular formula is C20H22N2O4. The molecule has 0 aliphatic carbocycles. The van der Waals surface area contributed by atoms with Gasteiger partial charge in [0.1, 0.15) is 0 Å². The van der Waals surface area contributed by atoms with Gasteiger partial charge in [0.15, 0.2) is 0 Å². The number of methoxy groups -OCH3 is 1. The first-order chi connectivity index (χ1) is 12.6. The van der Waals surface area contributed by atoms with E-state index in [9.17, 15) is 14.4 Å². The van der Waals surface area contributed by atoms with E-state index in [2.05, 4.69) is 15.4 Å². The Kier molecular flexibility index (Phi) is 7.36. The lowest BCUT2D eigenvalue weighted by Gasteiger charge is -2.08. The molecule has 2 amide bonds. The van der Waals surface area contributed by atoms with Gasteiger partial charge in [-0.1, -0.05) is 30.3 Å². The minimum absolute atomic E-state index is 0.0396. The molecule has 0 bridgehead atoms. The second-order valence-corrected chi connectivity index (χ2v) is 5.74. The molecule has 2 rings (SSSR count). The molecule has 0 atom stereocenters. The van der Waals surface area contributed by atoms with Crippen molar-refractivity contribution in [2.24, 2.45) is 0 Å². The summed E-state index contributed by atoms with van der Waals surface area (Å²) in [6, 6.07) is 16.7. The molecule has 2 aromatic rings. The van der Waals surface area contributed by atoms with E-state index < -0.39 is 5.97 Å². The summed E-state index contributed by atoms with van der Waals surface area (Å²) in [4.78, 5) is 34.7. The van der Waals surface area contributed by atoms with Crippen LogP contribution < -0.4 is 10.6 Å². The smallest absolute Gasteiger partial charge is 0.306 e. The van der Waals surface area contributed by atoms with Crippen molar-refractivity contribution in [3.63, 3.8) is 0 Å². The van der Waals surface area contributed by atoms with Gasteiger partial charge in [-0.2, -0.15) is 0 Å². The molecule has 2 aromatic carbocycles. The number of carbonyl (C=O) groups is 3. The normalized spacial score (nSPS) is 10.0. The Balaban J connectivity index is 1.76. The number of carbonyl (C=O) groups excluding carboxylic acids is 3. The average Bonchev–Trinajstić information content (AvgIpc) is 2.67. The maximum atomic E-state index is 12.0. The lowest BCUT2D eigenvalue weighted by Crippen LogP contribution is -2.14. The highest BCUT2D eigenvalue weighted by atomic mass is 16.5. The largest absolute Gasteiger partial charge is 0.469 e. The Labute approximate surface area is 152 Å². The van der Waals surface area contributed by atoms with E-state index in [1.165, 1.54) is 7.11 Å². The molecule has 2 N–H and O–H groups in total. The van der Waals surface area contributed by atoms with E-state index in [-0.39, 0.29) is 24.7 Å². The first-order valence-corrected chi connectivity index (χ1v) is 8.37. The Morgan fingerprint density at radius 3 is 1.85 bits per heavy atom. The molecule has 26 heavy (non-hydrogen) atoms. The summed E-state index contributed by atoms with van der Waals surface area (Å²) in [7, 11) is 1.28. The summed E-state index contributed by atoms with van der Waals surface area (Å²) in [6.45, 7) is 0. The van der Waals surface area contributed by atoms with E-state index in [0.717, 1.165) is 5.56 Å². The SMILES string of the molecule is COC(=O)CCC(=O)Nc1ccc(NC(=O)CCc2ccccc2)cc1. The highest BCUT2D eigenvalue weighted by Gasteiger charge is 2.08. The molecule has 136 valence electrons. The van der Waals surface area contributed by atoms with Crippen molar-refractivity contribution < 1.29 is 19.1 Å². The van der Waals surface area contributed by atoms with Crippen LogP contribution in [0.25, 0.3) is 0 Å². The molecule has 6 heteroatoms. The molecule has 0 aliphatic rings. The number of anilines is 2. The quantitative estimate of drug-likeness (QED) is 0.713. The molecule has 0 radical (unpaired) electrons. The fourth-order valence-corrected chi connectivity index (χ4v) is 2.30. The second-order valence-electron chi connectivity index (χ2n) is 5.74. The molecule has 0 aromatic heterocycles. The van der Waals surface area contributed by atoms with Gasteiger partial charge in [-0.3, -0.25) is 14.4 Å². The summed E-state index contributed by atoms with van der Waals surface area (Å²) >= 11 is 0. The number of hydrogen-bond donors (Lipinski definition) is 2. The van der Waals surface area contributed by atoms with Crippen molar-refractivity contribution >= 4 is 29.2 Å². The molecule has 0 aliphatic heterocycles. The van der Waals surface area contributed by atoms with Crippen molar-refractivity contribution in [2.75, 3.05) is 17.7 Å². The molecular weight excluding hydrogens is 332 g/mol. The highest BCUT2D eigenvalue weighted by molar-refractivity contribution is 5.94. The van der Waals surface area contributed by atoms with Gasteiger partial charge < -0.3 is 15.4 Å². The van der Waals surface area contributed by atoms with Gasteiger partial charge in [0.2, 0.25) is 11.8 Å². The van der Waals surface area contributed by atoms with E-state index in [1.807, 2.05) is 30.3 Å². The molecule has 0 spiro atoms. The van der Waals surface area contributed by atoms with Crippen LogP contribution in [0, 0.1) is 0 Å². The number of ether oxygens (including phenoxy) is 1. The minimum Gasteiger partial charge on any atom is -0.469 e. The lowest BCUT2D eigenvalue weighted by molar-refractivity contribution is -0.141. The van der Waals surface area contributed by atoms with Gasteiger partial charge in [-0.25, -0.2) is 0 Å². The van der Waals surface area contributed by atoms with Gasteiger partial charge in [0.25, 0.3) is 0 Å². The summed E-state index contributed by atoms with van der Waals surface area (Å²) in [6.07, 6.45) is 1.18. The van der Waals surface area contributed by atoms with Crippen molar-refractivity contribution in [3.05, 3.63) is 60.2 Å². The monoisotopic (exact) mass is 354 g/mol. The molecule has 0 saturated heterocycles. The topological polar surface area (TPSA) is 84.5 Å². The number of hydrogen-bond acceptors (Lipinski definition) is 4. The maximum absolute atomic E-state index is 12.0. The summed E-state index contributed by atoms with van der Waals surface area (Å²) < 4.78 is 4.49. The van der Waals surface area contributed by atoms with Crippen LogP contribution in [-0.2, 0) is 25.5 Å². The average molecular weight is 354 g/mol. The second kappa shape index (κ2) is 9.98. The first-order valence-electron chi connectivity index (χ1n) is 8.37. The Bertz CT molecular complexity index is 742. The van der Waals surface area contributed by atoms with Crippen LogP contribution in [-0.4, -0.2) is 24.9 Å². The van der Waals surface area contributed by atoms with Crippen LogP contribution in [0.1, 0.15) is 24.8 Å². The number of rotatable bonds is 8. The first kappa shape index (κ1) is 19.2. The van der Waals surface area contributed by atoms with Gasteiger partial charge in [0, 0.05) is 24.2 Å². The predicted molar refractivity (Wildman–Crippen MR) is 99.7 cm³/mol. The van der Waals surface area contributed by atoms with E-state index >= 15 is 0 Å². The van der Waals surface area contributed by atoms with Gasteiger partial charge in [-0.15, -0.1) is 0 Å². The van der Waals surface area contributed by atoms with Crippen LogP contribution in [0.3, 0.4) is 0 Å².